The topological polar surface area (TPSA) is 64.9 Å². The van der Waals surface area contributed by atoms with E-state index in [1.807, 2.05) is 18.7 Å². The Labute approximate surface area is 100 Å². The number of thioether (sulfide) groups is 1. The van der Waals surface area contributed by atoms with Crippen LogP contribution in [0.2, 0.25) is 0 Å². The van der Waals surface area contributed by atoms with Crippen molar-refractivity contribution in [2.24, 2.45) is 11.7 Å². The number of hydrogen-bond acceptors (Lipinski definition) is 5. The lowest BCUT2D eigenvalue weighted by molar-refractivity contribution is 0.341. The molecule has 1 aliphatic heterocycles. The summed E-state index contributed by atoms with van der Waals surface area (Å²) in [5.41, 5.74) is 5.69. The Hall–Kier alpha value is -0.550. The van der Waals surface area contributed by atoms with Crippen molar-refractivity contribution in [1.82, 2.24) is 10.1 Å². The van der Waals surface area contributed by atoms with Gasteiger partial charge >= 0.3 is 0 Å². The zero-order valence-electron chi connectivity index (χ0n) is 9.69. The summed E-state index contributed by atoms with van der Waals surface area (Å²) in [4.78, 5) is 4.38. The zero-order valence-corrected chi connectivity index (χ0v) is 10.5. The molecule has 1 aromatic heterocycles. The second-order valence-corrected chi connectivity index (χ2v) is 5.77. The van der Waals surface area contributed by atoms with Crippen LogP contribution in [-0.4, -0.2) is 27.7 Å². The Morgan fingerprint density at radius 1 is 1.50 bits per heavy atom. The van der Waals surface area contributed by atoms with E-state index in [4.69, 9.17) is 10.3 Å². The van der Waals surface area contributed by atoms with Crippen LogP contribution < -0.4 is 5.73 Å². The Kier molecular flexibility index (Phi) is 4.23. The predicted molar refractivity (Wildman–Crippen MR) is 65.4 cm³/mol. The van der Waals surface area contributed by atoms with Gasteiger partial charge in [0.25, 0.3) is 0 Å². The summed E-state index contributed by atoms with van der Waals surface area (Å²) in [5, 5.41) is 3.95. The van der Waals surface area contributed by atoms with E-state index in [1.54, 1.807) is 0 Å². The van der Waals surface area contributed by atoms with Gasteiger partial charge in [0.15, 0.2) is 5.82 Å². The van der Waals surface area contributed by atoms with Crippen LogP contribution >= 0.6 is 11.8 Å². The van der Waals surface area contributed by atoms with Crippen molar-refractivity contribution in [2.45, 2.75) is 38.6 Å². The summed E-state index contributed by atoms with van der Waals surface area (Å²) in [6.45, 7) is 1.95. The summed E-state index contributed by atoms with van der Waals surface area (Å²) >= 11 is 2.04. The van der Waals surface area contributed by atoms with Crippen LogP contribution in [0.5, 0.6) is 0 Å². The Morgan fingerprint density at radius 2 is 2.25 bits per heavy atom. The van der Waals surface area contributed by atoms with Gasteiger partial charge in [0, 0.05) is 18.9 Å². The second-order valence-electron chi connectivity index (χ2n) is 4.55. The molecule has 16 heavy (non-hydrogen) atoms. The van der Waals surface area contributed by atoms with Gasteiger partial charge in [0.2, 0.25) is 5.89 Å². The first-order valence-electron chi connectivity index (χ1n) is 5.89. The predicted octanol–water partition coefficient (Wildman–Crippen LogP) is 1.65. The second kappa shape index (κ2) is 5.68. The maximum Gasteiger partial charge on any atom is 0.226 e. The van der Waals surface area contributed by atoms with Crippen molar-refractivity contribution in [2.75, 3.05) is 11.5 Å². The maximum absolute atomic E-state index is 5.69. The van der Waals surface area contributed by atoms with Gasteiger partial charge in [-0.2, -0.15) is 16.7 Å². The minimum atomic E-state index is 0.0940. The molecule has 0 aromatic carbocycles. The van der Waals surface area contributed by atoms with Crippen molar-refractivity contribution in [3.63, 3.8) is 0 Å². The van der Waals surface area contributed by atoms with Gasteiger partial charge in [0.05, 0.1) is 0 Å². The van der Waals surface area contributed by atoms with Gasteiger partial charge in [-0.3, -0.25) is 0 Å². The van der Waals surface area contributed by atoms with Crippen LogP contribution in [0.4, 0.5) is 0 Å². The zero-order chi connectivity index (χ0) is 11.4. The van der Waals surface area contributed by atoms with Gasteiger partial charge in [0.1, 0.15) is 0 Å². The average molecular weight is 241 g/mol. The summed E-state index contributed by atoms with van der Waals surface area (Å²) < 4.78 is 5.24. The van der Waals surface area contributed by atoms with Crippen LogP contribution in [0.1, 0.15) is 31.5 Å². The molecule has 2 N–H and O–H groups in total. The molecule has 4 nitrogen and oxygen atoms in total. The average Bonchev–Trinajstić information content (AvgIpc) is 2.66. The minimum absolute atomic E-state index is 0.0940. The summed E-state index contributed by atoms with van der Waals surface area (Å²) in [7, 11) is 0. The summed E-state index contributed by atoms with van der Waals surface area (Å²) in [6.07, 6.45) is 4.18. The standard InChI is InChI=1S/C11H19N3OS/c1-8(12)6-10-13-11(15-14-10)7-9-2-4-16-5-3-9/h8-9H,2-7,12H2,1H3. The number of aromatic nitrogens is 2. The van der Waals surface area contributed by atoms with E-state index in [-0.39, 0.29) is 6.04 Å². The molecule has 5 heteroatoms. The molecule has 1 unspecified atom stereocenters. The largest absolute Gasteiger partial charge is 0.339 e. The van der Waals surface area contributed by atoms with Gasteiger partial charge in [-0.15, -0.1) is 0 Å². The minimum Gasteiger partial charge on any atom is -0.339 e. The molecule has 0 spiro atoms. The summed E-state index contributed by atoms with van der Waals surface area (Å²) in [6, 6.07) is 0.0940. The lowest BCUT2D eigenvalue weighted by Gasteiger charge is -2.19. The third kappa shape index (κ3) is 3.49. The van der Waals surface area contributed by atoms with E-state index in [0.717, 1.165) is 24.1 Å². The highest BCUT2D eigenvalue weighted by atomic mass is 32.2. The SMILES string of the molecule is CC(N)Cc1noc(CC2CCSCC2)n1. The van der Waals surface area contributed by atoms with E-state index >= 15 is 0 Å². The Balaban J connectivity index is 1.86. The van der Waals surface area contributed by atoms with Crippen LogP contribution in [-0.2, 0) is 12.8 Å². The van der Waals surface area contributed by atoms with Gasteiger partial charge in [-0.1, -0.05) is 5.16 Å². The quantitative estimate of drug-likeness (QED) is 0.868. The molecular formula is C11H19N3OS. The molecule has 0 amide bonds. The fourth-order valence-corrected chi connectivity index (χ4v) is 3.15. The monoisotopic (exact) mass is 241 g/mol. The van der Waals surface area contributed by atoms with Crippen molar-refractivity contribution in [3.8, 4) is 0 Å². The molecule has 1 aliphatic rings. The molecule has 1 fully saturated rings. The van der Waals surface area contributed by atoms with Crippen molar-refractivity contribution >= 4 is 11.8 Å². The first kappa shape index (κ1) is 11.9. The van der Waals surface area contributed by atoms with Crippen LogP contribution in [0.25, 0.3) is 0 Å². The third-order valence-electron chi connectivity index (χ3n) is 2.82. The molecule has 90 valence electrons. The summed E-state index contributed by atoms with van der Waals surface area (Å²) in [5.74, 6) is 4.80. The highest BCUT2D eigenvalue weighted by Crippen LogP contribution is 2.25. The highest BCUT2D eigenvalue weighted by Gasteiger charge is 2.17. The first-order chi connectivity index (χ1) is 7.74. The molecule has 1 atom stereocenters. The van der Waals surface area contributed by atoms with E-state index in [2.05, 4.69) is 10.1 Å². The molecule has 0 radical (unpaired) electrons. The molecule has 0 aliphatic carbocycles. The number of nitrogens with zero attached hydrogens (tertiary/aromatic N) is 2. The molecule has 1 aromatic rings. The van der Waals surface area contributed by atoms with Crippen LogP contribution in [0.3, 0.4) is 0 Å². The number of rotatable bonds is 4. The normalized spacial score (nSPS) is 19.9. The molecular weight excluding hydrogens is 222 g/mol. The maximum atomic E-state index is 5.69. The Bertz CT molecular complexity index is 321. The first-order valence-corrected chi connectivity index (χ1v) is 7.04. The molecule has 2 rings (SSSR count). The third-order valence-corrected chi connectivity index (χ3v) is 3.87. The Morgan fingerprint density at radius 3 is 2.94 bits per heavy atom. The van der Waals surface area contributed by atoms with Gasteiger partial charge in [-0.05, 0) is 37.2 Å². The van der Waals surface area contributed by atoms with E-state index < -0.39 is 0 Å². The van der Waals surface area contributed by atoms with Crippen molar-refractivity contribution in [1.29, 1.82) is 0 Å². The fraction of sp³-hybridized carbons (Fsp3) is 0.818. The smallest absolute Gasteiger partial charge is 0.226 e. The molecule has 2 heterocycles. The molecule has 0 saturated carbocycles. The van der Waals surface area contributed by atoms with E-state index in [9.17, 15) is 0 Å². The highest BCUT2D eigenvalue weighted by molar-refractivity contribution is 7.99. The van der Waals surface area contributed by atoms with Crippen LogP contribution in [0, 0.1) is 5.92 Å². The number of nitrogens with two attached hydrogens (primary N) is 1. The number of hydrogen-bond donors (Lipinski definition) is 1. The van der Waals surface area contributed by atoms with Gasteiger partial charge in [-0.25, -0.2) is 0 Å². The van der Waals surface area contributed by atoms with E-state index in [1.165, 1.54) is 24.3 Å². The van der Waals surface area contributed by atoms with Crippen molar-refractivity contribution < 1.29 is 4.52 Å². The van der Waals surface area contributed by atoms with Crippen LogP contribution in [0.15, 0.2) is 4.52 Å². The molecule has 0 bridgehead atoms. The fourth-order valence-electron chi connectivity index (χ4n) is 1.94. The van der Waals surface area contributed by atoms with E-state index in [0.29, 0.717) is 6.42 Å². The van der Waals surface area contributed by atoms with Gasteiger partial charge < -0.3 is 10.3 Å². The lowest BCUT2D eigenvalue weighted by Crippen LogP contribution is -2.18. The lowest BCUT2D eigenvalue weighted by atomic mass is 9.99. The van der Waals surface area contributed by atoms with Crippen molar-refractivity contribution in [3.05, 3.63) is 11.7 Å². The molecule has 1 saturated heterocycles.